The van der Waals surface area contributed by atoms with Gasteiger partial charge in [0, 0.05) is 0 Å². The van der Waals surface area contributed by atoms with Gasteiger partial charge in [-0.3, -0.25) is 0 Å². The molecular weight excluding hydrogens is 156 g/mol. The Morgan fingerprint density at radius 1 is 1.18 bits per heavy atom. The molecule has 0 unspecified atom stereocenters. The van der Waals surface area contributed by atoms with Crippen LogP contribution in [0.4, 0.5) is 0 Å². The van der Waals surface area contributed by atoms with Crippen molar-refractivity contribution in [3.05, 3.63) is 12.3 Å². The van der Waals surface area contributed by atoms with Crippen molar-refractivity contribution in [2.24, 2.45) is 0 Å². The molecule has 0 fully saturated rings. The van der Waals surface area contributed by atoms with Crippen LogP contribution in [0.25, 0.3) is 0 Å². The summed E-state index contributed by atoms with van der Waals surface area (Å²) in [5.74, 6) is 4.06. The van der Waals surface area contributed by atoms with Gasteiger partial charge >= 0.3 is 0 Å². The maximum Gasteiger partial charge on any atom is 0.105 e. The quantitative estimate of drug-likeness (QED) is 0.472. The molecule has 0 bridgehead atoms. The summed E-state index contributed by atoms with van der Waals surface area (Å²) < 4.78 is 0. The van der Waals surface area contributed by atoms with E-state index in [0.29, 0.717) is 0 Å². The molecule has 0 amide bonds. The predicted octanol–water partition coefficient (Wildman–Crippen LogP) is 1.54. The van der Waals surface area contributed by atoms with Gasteiger partial charge in [-0.2, -0.15) is 0 Å². The summed E-state index contributed by atoms with van der Waals surface area (Å²) in [7, 11) is 0.755. The van der Waals surface area contributed by atoms with Crippen molar-refractivity contribution in [2.75, 3.05) is 17.3 Å². The van der Waals surface area contributed by atoms with Gasteiger partial charge in [0.2, 0.25) is 0 Å². The zero-order chi connectivity index (χ0) is 9.28. The van der Waals surface area contributed by atoms with E-state index in [4.69, 9.17) is 0 Å². The fourth-order valence-corrected chi connectivity index (χ4v) is 1.84. The van der Waals surface area contributed by atoms with Crippen LogP contribution in [-0.4, -0.2) is 17.3 Å². The van der Waals surface area contributed by atoms with Crippen LogP contribution in [0.5, 0.6) is 0 Å². The van der Waals surface area contributed by atoms with E-state index in [1.807, 2.05) is 0 Å². The lowest BCUT2D eigenvalue weighted by Gasteiger charge is -1.96. The van der Waals surface area contributed by atoms with Crippen LogP contribution in [-0.2, 0) is 10.9 Å². The molecule has 0 aromatic rings. The van der Waals surface area contributed by atoms with Crippen LogP contribution in [0.15, 0.2) is 12.3 Å². The molecule has 0 aromatic carbocycles. The first-order valence-corrected chi connectivity index (χ1v) is 5.78. The summed E-state index contributed by atoms with van der Waals surface area (Å²) in [6, 6.07) is 0. The summed E-state index contributed by atoms with van der Waals surface area (Å²) in [4.78, 5) is 0. The monoisotopic (exact) mass is 176 g/mol. The van der Waals surface area contributed by atoms with Gasteiger partial charge in [-0.15, -0.1) is 12.3 Å². The van der Waals surface area contributed by atoms with Gasteiger partial charge in [0.15, 0.2) is 0 Å². The highest BCUT2D eigenvalue weighted by atomic mass is 32.2. The lowest BCUT2D eigenvalue weighted by Crippen LogP contribution is -2.09. The summed E-state index contributed by atoms with van der Waals surface area (Å²) in [6.45, 7) is 11.2. The molecule has 0 atom stereocenters. The molecule has 0 aromatic heterocycles. The van der Waals surface area contributed by atoms with Crippen molar-refractivity contribution in [1.82, 2.24) is 0 Å². The summed E-state index contributed by atoms with van der Waals surface area (Å²) in [6.07, 6.45) is 0. The molecule has 11 heavy (non-hydrogen) atoms. The van der Waals surface area contributed by atoms with Crippen LogP contribution in [0.1, 0.15) is 27.7 Å². The average molecular weight is 176 g/mol. The topological polar surface area (TPSA) is 23.1 Å². The zero-order valence-electron chi connectivity index (χ0n) is 8.14. The second kappa shape index (κ2) is 9.89. The predicted molar refractivity (Wildman–Crippen MR) is 53.8 cm³/mol. The minimum atomic E-state index is -0.0833. The Kier molecular flexibility index (Phi) is 12.1. The van der Waals surface area contributed by atoms with Crippen molar-refractivity contribution >= 4 is 10.9 Å². The van der Waals surface area contributed by atoms with Crippen molar-refractivity contribution < 1.29 is 5.11 Å². The Bertz CT molecular complexity index is 78.1. The Morgan fingerprint density at radius 3 is 1.36 bits per heavy atom. The lowest BCUT2D eigenvalue weighted by molar-refractivity contribution is -0.300. The van der Waals surface area contributed by atoms with E-state index in [-0.39, 0.29) is 5.76 Å². The average Bonchev–Trinajstić information content (AvgIpc) is 1.90. The SMILES string of the molecule is C=C(C)[O-].CC[S+](CC)CC. The molecule has 0 radical (unpaired) electrons. The molecule has 2 heteroatoms. The minimum Gasteiger partial charge on any atom is -0.876 e. The number of hydrogen-bond acceptors (Lipinski definition) is 1. The van der Waals surface area contributed by atoms with Gasteiger partial charge in [0.05, 0.1) is 0 Å². The van der Waals surface area contributed by atoms with Gasteiger partial charge in [-0.1, -0.05) is 6.92 Å². The third kappa shape index (κ3) is 17.7. The third-order valence-electron chi connectivity index (χ3n) is 1.22. The van der Waals surface area contributed by atoms with E-state index < -0.39 is 0 Å². The van der Waals surface area contributed by atoms with E-state index in [2.05, 4.69) is 27.4 Å². The first kappa shape index (κ1) is 13.5. The molecule has 0 aliphatic rings. The summed E-state index contributed by atoms with van der Waals surface area (Å²) in [5, 5.41) is 9.33. The van der Waals surface area contributed by atoms with Gasteiger partial charge in [-0.05, 0) is 31.7 Å². The maximum absolute atomic E-state index is 9.33. The fourth-order valence-electron chi connectivity index (χ4n) is 0.612. The standard InChI is InChI=1S/C6H15S.C3H6O/c1-4-7(5-2)6-3;1-3(2)4/h4-6H2,1-3H3;4H,1H2,2H3/q+1;/p-1. The normalized spacial score (nSPS) is 8.82. The molecule has 0 spiro atoms. The lowest BCUT2D eigenvalue weighted by atomic mass is 10.7. The highest BCUT2D eigenvalue weighted by Crippen LogP contribution is 1.92. The number of rotatable bonds is 3. The van der Waals surface area contributed by atoms with Crippen molar-refractivity contribution in [1.29, 1.82) is 0 Å². The summed E-state index contributed by atoms with van der Waals surface area (Å²) >= 11 is 0. The van der Waals surface area contributed by atoms with Crippen LogP contribution in [0, 0.1) is 0 Å². The van der Waals surface area contributed by atoms with E-state index >= 15 is 0 Å². The van der Waals surface area contributed by atoms with Crippen molar-refractivity contribution in [2.45, 2.75) is 27.7 Å². The fraction of sp³-hybridized carbons (Fsp3) is 0.778. The second-order valence-electron chi connectivity index (χ2n) is 2.18. The first-order valence-electron chi connectivity index (χ1n) is 4.05. The van der Waals surface area contributed by atoms with E-state index in [1.165, 1.54) is 24.2 Å². The molecular formula is C9H20OS. The molecule has 0 saturated carbocycles. The van der Waals surface area contributed by atoms with Crippen LogP contribution >= 0.6 is 0 Å². The Morgan fingerprint density at radius 2 is 1.36 bits per heavy atom. The largest absolute Gasteiger partial charge is 0.876 e. The Hall–Kier alpha value is -0.110. The molecule has 0 saturated heterocycles. The Labute approximate surface area is 73.9 Å². The van der Waals surface area contributed by atoms with E-state index in [0.717, 1.165) is 10.9 Å². The molecule has 1 nitrogen and oxygen atoms in total. The second-order valence-corrected chi connectivity index (χ2v) is 5.14. The maximum atomic E-state index is 9.33. The Balaban J connectivity index is 0. The molecule has 0 heterocycles. The minimum absolute atomic E-state index is 0.0833. The third-order valence-corrected chi connectivity index (χ3v) is 3.67. The first-order chi connectivity index (χ1) is 5.08. The zero-order valence-corrected chi connectivity index (χ0v) is 8.96. The highest BCUT2D eigenvalue weighted by Gasteiger charge is 2.05. The van der Waals surface area contributed by atoms with Crippen molar-refractivity contribution in [3.8, 4) is 0 Å². The molecule has 0 aliphatic carbocycles. The van der Waals surface area contributed by atoms with Gasteiger partial charge in [-0.25, -0.2) is 0 Å². The number of allylic oxidation sites excluding steroid dienone is 1. The highest BCUT2D eigenvalue weighted by molar-refractivity contribution is 7.96. The number of hydrogen-bond donors (Lipinski definition) is 0. The molecule has 0 N–H and O–H groups in total. The van der Waals surface area contributed by atoms with Gasteiger partial charge in [0.1, 0.15) is 17.3 Å². The van der Waals surface area contributed by atoms with Crippen LogP contribution in [0.3, 0.4) is 0 Å². The van der Waals surface area contributed by atoms with Crippen LogP contribution < -0.4 is 5.11 Å². The molecule has 0 aliphatic heterocycles. The molecule has 68 valence electrons. The van der Waals surface area contributed by atoms with Gasteiger partial charge < -0.3 is 5.11 Å². The smallest absolute Gasteiger partial charge is 0.105 e. The van der Waals surface area contributed by atoms with Crippen molar-refractivity contribution in [3.63, 3.8) is 0 Å². The van der Waals surface area contributed by atoms with Crippen LogP contribution in [0.2, 0.25) is 0 Å². The molecule has 0 rings (SSSR count). The van der Waals surface area contributed by atoms with E-state index in [9.17, 15) is 5.11 Å². The van der Waals surface area contributed by atoms with Gasteiger partial charge in [0.25, 0.3) is 0 Å². The van der Waals surface area contributed by atoms with E-state index in [1.54, 1.807) is 0 Å². The summed E-state index contributed by atoms with van der Waals surface area (Å²) in [5.41, 5.74) is 0.